The molecule has 1 saturated heterocycles. The van der Waals surface area contributed by atoms with Crippen molar-refractivity contribution in [3.63, 3.8) is 0 Å². The van der Waals surface area contributed by atoms with Gasteiger partial charge in [-0.25, -0.2) is 9.59 Å². The largest absolute Gasteiger partial charge is 0.463 e. The summed E-state index contributed by atoms with van der Waals surface area (Å²) in [5.74, 6) is -0.286. The highest BCUT2D eigenvalue weighted by molar-refractivity contribution is 5.94. The molecule has 1 aromatic carbocycles. The molecule has 0 unspecified atom stereocenters. The first kappa shape index (κ1) is 18.6. The maximum absolute atomic E-state index is 12.3. The summed E-state index contributed by atoms with van der Waals surface area (Å²) in [5, 5.41) is 3.22. The number of hydrogen-bond donors (Lipinski definition) is 1. The van der Waals surface area contributed by atoms with Crippen molar-refractivity contribution in [2.75, 3.05) is 26.3 Å². The Hall–Kier alpha value is -2.76. The first-order valence-electron chi connectivity index (χ1n) is 8.44. The fourth-order valence-electron chi connectivity index (χ4n) is 2.55. The van der Waals surface area contributed by atoms with Gasteiger partial charge in [-0.2, -0.15) is 0 Å². The van der Waals surface area contributed by atoms with Gasteiger partial charge in [0.2, 0.25) is 0 Å². The molecule has 25 heavy (non-hydrogen) atoms. The molecule has 1 heterocycles. The van der Waals surface area contributed by atoms with Crippen molar-refractivity contribution >= 4 is 11.9 Å². The third kappa shape index (κ3) is 5.38. The van der Waals surface area contributed by atoms with Crippen LogP contribution in [0.2, 0.25) is 0 Å². The van der Waals surface area contributed by atoms with Crippen molar-refractivity contribution in [1.29, 1.82) is 0 Å². The predicted molar refractivity (Wildman–Crippen MR) is 94.3 cm³/mol. The van der Waals surface area contributed by atoms with Gasteiger partial charge in [0.25, 0.3) is 0 Å². The lowest BCUT2D eigenvalue weighted by atomic mass is 10.2. The molecule has 134 valence electrons. The van der Waals surface area contributed by atoms with Crippen molar-refractivity contribution in [1.82, 2.24) is 10.2 Å². The van der Waals surface area contributed by atoms with Gasteiger partial charge in [0, 0.05) is 25.7 Å². The minimum absolute atomic E-state index is 0.265. The van der Waals surface area contributed by atoms with Crippen LogP contribution in [0.3, 0.4) is 0 Å². The van der Waals surface area contributed by atoms with E-state index in [9.17, 15) is 9.59 Å². The van der Waals surface area contributed by atoms with Crippen molar-refractivity contribution in [3.8, 4) is 0 Å². The van der Waals surface area contributed by atoms with Crippen molar-refractivity contribution in [2.24, 2.45) is 0 Å². The molecule has 6 heteroatoms. The molecule has 0 saturated carbocycles. The van der Waals surface area contributed by atoms with Crippen LogP contribution >= 0.6 is 0 Å². The molecule has 1 fully saturated rings. The molecule has 0 radical (unpaired) electrons. The summed E-state index contributed by atoms with van der Waals surface area (Å²) in [6.07, 6.45) is 2.71. The van der Waals surface area contributed by atoms with E-state index in [1.165, 1.54) is 12.2 Å². The maximum atomic E-state index is 12.3. The van der Waals surface area contributed by atoms with Crippen LogP contribution in [0.5, 0.6) is 0 Å². The lowest BCUT2D eigenvalue weighted by Crippen LogP contribution is -2.24. The zero-order valence-electron chi connectivity index (χ0n) is 14.7. The van der Waals surface area contributed by atoms with Crippen molar-refractivity contribution in [3.05, 3.63) is 59.4 Å². The zero-order valence-corrected chi connectivity index (χ0v) is 14.7. The minimum atomic E-state index is -0.488. The average Bonchev–Trinajstić information content (AvgIpc) is 3.04. The lowest BCUT2D eigenvalue weighted by Gasteiger charge is -2.21. The van der Waals surface area contributed by atoms with E-state index in [1.54, 1.807) is 13.8 Å². The van der Waals surface area contributed by atoms with Gasteiger partial charge in [-0.3, -0.25) is 0 Å². The number of nitrogens with zero attached hydrogens (tertiary/aromatic N) is 1. The third-order valence-electron chi connectivity index (χ3n) is 3.63. The topological polar surface area (TPSA) is 67.9 Å². The Balaban J connectivity index is 2.27. The van der Waals surface area contributed by atoms with Gasteiger partial charge >= 0.3 is 11.9 Å². The number of rotatable bonds is 7. The van der Waals surface area contributed by atoms with Gasteiger partial charge in [-0.05, 0) is 25.5 Å². The van der Waals surface area contributed by atoms with Crippen LogP contribution in [0.25, 0.3) is 0 Å². The van der Waals surface area contributed by atoms with Crippen LogP contribution in [-0.4, -0.2) is 43.1 Å². The van der Waals surface area contributed by atoms with Gasteiger partial charge < -0.3 is 19.7 Å². The Kier molecular flexibility index (Phi) is 7.07. The summed E-state index contributed by atoms with van der Waals surface area (Å²) in [6.45, 7) is 6.18. The summed E-state index contributed by atoms with van der Waals surface area (Å²) < 4.78 is 10.0. The molecular weight excluding hydrogens is 320 g/mol. The standard InChI is InChI=1S/C19H24N2O4/c1-3-24-17(22)11-10-16(19(23)25-4-2)18-20-12-13-21(18)14-15-8-6-5-7-9-15/h5-11,20H,3-4,12-14H2,1-2H3/b11-10+,18-16+. The van der Waals surface area contributed by atoms with Crippen LogP contribution in [0.1, 0.15) is 19.4 Å². The van der Waals surface area contributed by atoms with E-state index in [-0.39, 0.29) is 13.2 Å². The van der Waals surface area contributed by atoms with Gasteiger partial charge in [-0.1, -0.05) is 30.3 Å². The minimum Gasteiger partial charge on any atom is -0.463 e. The summed E-state index contributed by atoms with van der Waals surface area (Å²) in [7, 11) is 0. The van der Waals surface area contributed by atoms with E-state index < -0.39 is 11.9 Å². The molecule has 1 aliphatic rings. The number of benzene rings is 1. The Morgan fingerprint density at radius 2 is 1.84 bits per heavy atom. The van der Waals surface area contributed by atoms with Crippen molar-refractivity contribution < 1.29 is 19.1 Å². The molecule has 0 spiro atoms. The van der Waals surface area contributed by atoms with Crippen LogP contribution in [0.15, 0.2) is 53.9 Å². The summed E-state index contributed by atoms with van der Waals surface area (Å²) in [4.78, 5) is 26.0. The monoisotopic (exact) mass is 344 g/mol. The highest BCUT2D eigenvalue weighted by Crippen LogP contribution is 2.18. The lowest BCUT2D eigenvalue weighted by molar-refractivity contribution is -0.138. The van der Waals surface area contributed by atoms with E-state index in [2.05, 4.69) is 10.2 Å². The van der Waals surface area contributed by atoms with Gasteiger partial charge in [0.05, 0.1) is 13.2 Å². The Morgan fingerprint density at radius 1 is 1.12 bits per heavy atom. The van der Waals surface area contributed by atoms with E-state index in [4.69, 9.17) is 9.47 Å². The summed E-state index contributed by atoms with van der Waals surface area (Å²) >= 11 is 0. The summed E-state index contributed by atoms with van der Waals surface area (Å²) in [5.41, 5.74) is 1.46. The molecule has 2 rings (SSSR count). The average molecular weight is 344 g/mol. The highest BCUT2D eigenvalue weighted by atomic mass is 16.5. The van der Waals surface area contributed by atoms with E-state index in [1.807, 2.05) is 30.3 Å². The highest BCUT2D eigenvalue weighted by Gasteiger charge is 2.24. The quantitative estimate of drug-likeness (QED) is 0.603. The predicted octanol–water partition coefficient (Wildman–Crippen LogP) is 1.99. The molecular formula is C19H24N2O4. The molecule has 1 aliphatic heterocycles. The van der Waals surface area contributed by atoms with Gasteiger partial charge in [-0.15, -0.1) is 0 Å². The van der Waals surface area contributed by atoms with E-state index in [0.29, 0.717) is 17.9 Å². The number of esters is 2. The molecule has 0 aromatic heterocycles. The van der Waals surface area contributed by atoms with Crippen molar-refractivity contribution in [2.45, 2.75) is 20.4 Å². The van der Waals surface area contributed by atoms with Crippen LogP contribution in [-0.2, 0) is 25.6 Å². The second-order valence-corrected chi connectivity index (χ2v) is 5.40. The fraction of sp³-hybridized carbons (Fsp3) is 0.368. The Bertz CT molecular complexity index is 653. The van der Waals surface area contributed by atoms with Crippen LogP contribution < -0.4 is 5.32 Å². The number of carbonyl (C=O) groups is 2. The Labute approximate surface area is 148 Å². The molecule has 1 aromatic rings. The van der Waals surface area contributed by atoms with Crippen LogP contribution in [0, 0.1) is 0 Å². The second-order valence-electron chi connectivity index (χ2n) is 5.40. The van der Waals surface area contributed by atoms with Gasteiger partial charge in [0.1, 0.15) is 11.4 Å². The first-order chi connectivity index (χ1) is 12.2. The van der Waals surface area contributed by atoms with Gasteiger partial charge in [0.15, 0.2) is 0 Å². The normalized spacial score (nSPS) is 15.8. The maximum Gasteiger partial charge on any atom is 0.341 e. The molecule has 0 amide bonds. The van der Waals surface area contributed by atoms with E-state index in [0.717, 1.165) is 18.7 Å². The molecule has 0 aliphatic carbocycles. The summed E-state index contributed by atoms with van der Waals surface area (Å²) in [6, 6.07) is 10.0. The second kappa shape index (κ2) is 9.52. The van der Waals surface area contributed by atoms with Crippen LogP contribution in [0.4, 0.5) is 0 Å². The zero-order chi connectivity index (χ0) is 18.1. The number of hydrogen-bond acceptors (Lipinski definition) is 6. The number of carbonyl (C=O) groups excluding carboxylic acids is 2. The number of nitrogens with one attached hydrogen (secondary N) is 1. The molecule has 0 atom stereocenters. The first-order valence-corrected chi connectivity index (χ1v) is 8.44. The molecule has 6 nitrogen and oxygen atoms in total. The third-order valence-corrected chi connectivity index (χ3v) is 3.63. The molecule has 0 bridgehead atoms. The smallest absolute Gasteiger partial charge is 0.341 e. The SMILES string of the molecule is CCOC(=O)/C=C/C(C(=O)OCC)=C1/NCCN1Cc1ccccc1. The number of ether oxygens (including phenoxy) is 2. The fourth-order valence-corrected chi connectivity index (χ4v) is 2.55. The molecule has 1 N–H and O–H groups in total. The van der Waals surface area contributed by atoms with E-state index >= 15 is 0 Å². The Morgan fingerprint density at radius 3 is 2.52 bits per heavy atom.